The Morgan fingerprint density at radius 2 is 2.14 bits per heavy atom. The molecule has 0 fully saturated rings. The van der Waals surface area contributed by atoms with Crippen molar-refractivity contribution in [1.82, 2.24) is 9.88 Å². The molecule has 1 amide bonds. The molecule has 3 rings (SSSR count). The summed E-state index contributed by atoms with van der Waals surface area (Å²) >= 11 is 0. The van der Waals surface area contributed by atoms with E-state index in [9.17, 15) is 4.79 Å². The van der Waals surface area contributed by atoms with Crippen LogP contribution in [0.15, 0.2) is 24.3 Å². The molecule has 0 unspecified atom stereocenters. The number of ether oxygens (including phenoxy) is 1. The van der Waals surface area contributed by atoms with E-state index in [1.54, 1.807) is 4.90 Å². The van der Waals surface area contributed by atoms with Crippen molar-refractivity contribution in [3.05, 3.63) is 41.1 Å². The van der Waals surface area contributed by atoms with E-state index in [2.05, 4.69) is 19.1 Å². The molecule has 0 N–H and O–H groups in total. The van der Waals surface area contributed by atoms with Crippen LogP contribution in [0.2, 0.25) is 0 Å². The minimum atomic E-state index is -0.224. The maximum Gasteiger partial charge on any atom is 0.410 e. The smallest absolute Gasteiger partial charge is 0.410 e. The fraction of sp³-hybridized carbons (Fsp3) is 0.412. The Hall–Kier alpha value is -1.81. The second-order valence-corrected chi connectivity index (χ2v) is 5.40. The lowest BCUT2D eigenvalue weighted by Crippen LogP contribution is -2.31. The Morgan fingerprint density at radius 3 is 2.91 bits per heavy atom. The lowest BCUT2D eigenvalue weighted by molar-refractivity contribution is 0.105. The molecular formula is C17H21ClN2O2. The third kappa shape index (κ3) is 3.02. The van der Waals surface area contributed by atoms with Crippen LogP contribution in [0.1, 0.15) is 30.2 Å². The van der Waals surface area contributed by atoms with Gasteiger partial charge in [-0.15, -0.1) is 12.4 Å². The first-order valence-electron chi connectivity index (χ1n) is 7.49. The molecule has 0 saturated carbocycles. The zero-order valence-corrected chi connectivity index (χ0v) is 13.8. The molecule has 118 valence electrons. The van der Waals surface area contributed by atoms with Crippen molar-refractivity contribution in [1.29, 1.82) is 0 Å². The number of aromatic nitrogens is 1. The molecule has 1 aliphatic heterocycles. The third-order valence-electron chi connectivity index (χ3n) is 4.08. The van der Waals surface area contributed by atoms with Gasteiger partial charge in [-0.3, -0.25) is 4.98 Å². The van der Waals surface area contributed by atoms with Gasteiger partial charge in [-0.2, -0.15) is 0 Å². The summed E-state index contributed by atoms with van der Waals surface area (Å²) in [6.07, 6.45) is 1.62. The largest absolute Gasteiger partial charge is 0.450 e. The van der Waals surface area contributed by atoms with E-state index in [1.807, 2.05) is 19.1 Å². The summed E-state index contributed by atoms with van der Waals surface area (Å²) < 4.78 is 5.15. The molecule has 4 nitrogen and oxygen atoms in total. The summed E-state index contributed by atoms with van der Waals surface area (Å²) in [5, 5.41) is 1.17. The summed E-state index contributed by atoms with van der Waals surface area (Å²) in [6, 6.07) is 8.19. The highest BCUT2D eigenvalue weighted by molar-refractivity contribution is 5.85. The molecule has 5 heteroatoms. The van der Waals surface area contributed by atoms with E-state index in [0.29, 0.717) is 13.2 Å². The van der Waals surface area contributed by atoms with Crippen LogP contribution in [0.5, 0.6) is 0 Å². The van der Waals surface area contributed by atoms with Crippen LogP contribution in [0, 0.1) is 6.92 Å². The number of hydrogen-bond acceptors (Lipinski definition) is 3. The highest BCUT2D eigenvalue weighted by Crippen LogP contribution is 2.27. The van der Waals surface area contributed by atoms with Gasteiger partial charge in [0.05, 0.1) is 18.7 Å². The predicted octanol–water partition coefficient (Wildman–Crippen LogP) is 3.87. The van der Waals surface area contributed by atoms with Crippen LogP contribution in [0.4, 0.5) is 4.79 Å². The standard InChI is InChI=1S/C17H20N2O2.ClH/c1-3-21-17(20)19-10-6-9-16-14(11-19)12(2)13-7-4-5-8-15(13)18-16;/h4-5,7-8H,3,6,9-11H2,1-2H3;1H. The SMILES string of the molecule is CCOC(=O)N1CCCc2nc3ccccc3c(C)c2C1.Cl. The summed E-state index contributed by atoms with van der Waals surface area (Å²) in [4.78, 5) is 18.6. The summed E-state index contributed by atoms with van der Waals surface area (Å²) in [6.45, 7) is 5.70. The van der Waals surface area contributed by atoms with Gasteiger partial charge in [-0.25, -0.2) is 4.79 Å². The molecule has 0 aliphatic carbocycles. The first kappa shape index (κ1) is 16.6. The summed E-state index contributed by atoms with van der Waals surface area (Å²) in [7, 11) is 0. The van der Waals surface area contributed by atoms with Gasteiger partial charge in [-0.05, 0) is 43.9 Å². The van der Waals surface area contributed by atoms with Gasteiger partial charge < -0.3 is 9.64 Å². The van der Waals surface area contributed by atoms with E-state index < -0.39 is 0 Å². The molecule has 2 aromatic rings. The molecule has 0 saturated heterocycles. The molecule has 1 aliphatic rings. The zero-order valence-electron chi connectivity index (χ0n) is 13.0. The van der Waals surface area contributed by atoms with E-state index >= 15 is 0 Å². The van der Waals surface area contributed by atoms with Gasteiger partial charge in [0.15, 0.2) is 0 Å². The number of pyridine rings is 1. The number of para-hydroxylation sites is 1. The van der Waals surface area contributed by atoms with Gasteiger partial charge in [0.25, 0.3) is 0 Å². The average Bonchev–Trinajstić information content (AvgIpc) is 2.70. The fourth-order valence-electron chi connectivity index (χ4n) is 2.97. The second kappa shape index (κ2) is 6.97. The highest BCUT2D eigenvalue weighted by Gasteiger charge is 2.22. The monoisotopic (exact) mass is 320 g/mol. The number of benzene rings is 1. The van der Waals surface area contributed by atoms with E-state index in [0.717, 1.165) is 30.6 Å². The van der Waals surface area contributed by atoms with Gasteiger partial charge in [0.1, 0.15) is 0 Å². The van der Waals surface area contributed by atoms with Crippen molar-refractivity contribution in [2.45, 2.75) is 33.2 Å². The van der Waals surface area contributed by atoms with Crippen LogP contribution in [0.3, 0.4) is 0 Å². The Bertz CT molecular complexity index is 688. The van der Waals surface area contributed by atoms with Gasteiger partial charge >= 0.3 is 6.09 Å². The van der Waals surface area contributed by atoms with Gasteiger partial charge in [-0.1, -0.05) is 18.2 Å². The highest BCUT2D eigenvalue weighted by atomic mass is 35.5. The van der Waals surface area contributed by atoms with Crippen LogP contribution < -0.4 is 0 Å². The van der Waals surface area contributed by atoms with Crippen LogP contribution in [-0.2, 0) is 17.7 Å². The fourth-order valence-corrected chi connectivity index (χ4v) is 2.97. The number of rotatable bonds is 1. The first-order chi connectivity index (χ1) is 10.2. The summed E-state index contributed by atoms with van der Waals surface area (Å²) in [5.74, 6) is 0. The Kier molecular flexibility index (Phi) is 5.24. The normalized spacial score (nSPS) is 14.0. The Balaban J connectivity index is 0.00000176. The average molecular weight is 321 g/mol. The molecule has 0 radical (unpaired) electrons. The van der Waals surface area contributed by atoms with Crippen molar-refractivity contribution in [2.24, 2.45) is 0 Å². The topological polar surface area (TPSA) is 42.4 Å². The van der Waals surface area contributed by atoms with Crippen molar-refractivity contribution in [2.75, 3.05) is 13.2 Å². The van der Waals surface area contributed by atoms with Crippen molar-refractivity contribution in [3.8, 4) is 0 Å². The van der Waals surface area contributed by atoms with Gasteiger partial charge in [0, 0.05) is 17.6 Å². The van der Waals surface area contributed by atoms with E-state index in [1.165, 1.54) is 16.5 Å². The molecule has 1 aromatic carbocycles. The predicted molar refractivity (Wildman–Crippen MR) is 89.5 cm³/mol. The molecule has 22 heavy (non-hydrogen) atoms. The first-order valence-corrected chi connectivity index (χ1v) is 7.49. The number of fused-ring (bicyclic) bond motifs is 2. The molecule has 2 heterocycles. The van der Waals surface area contributed by atoms with Crippen LogP contribution in [0.25, 0.3) is 10.9 Å². The number of halogens is 1. The lowest BCUT2D eigenvalue weighted by Gasteiger charge is -2.21. The number of carbonyl (C=O) groups excluding carboxylic acids is 1. The van der Waals surface area contributed by atoms with Crippen molar-refractivity contribution < 1.29 is 9.53 Å². The van der Waals surface area contributed by atoms with Crippen LogP contribution >= 0.6 is 12.4 Å². The summed E-state index contributed by atoms with van der Waals surface area (Å²) in [5.41, 5.74) is 4.57. The second-order valence-electron chi connectivity index (χ2n) is 5.40. The van der Waals surface area contributed by atoms with E-state index in [-0.39, 0.29) is 18.5 Å². The van der Waals surface area contributed by atoms with Crippen molar-refractivity contribution >= 4 is 29.4 Å². The minimum absolute atomic E-state index is 0. The number of amides is 1. The Labute approximate surface area is 136 Å². The maximum atomic E-state index is 12.0. The molecular weight excluding hydrogens is 300 g/mol. The zero-order chi connectivity index (χ0) is 14.8. The van der Waals surface area contributed by atoms with Gasteiger partial charge in [0.2, 0.25) is 0 Å². The van der Waals surface area contributed by atoms with Crippen molar-refractivity contribution in [3.63, 3.8) is 0 Å². The molecule has 0 spiro atoms. The van der Waals surface area contributed by atoms with Crippen LogP contribution in [-0.4, -0.2) is 29.1 Å². The number of hydrogen-bond donors (Lipinski definition) is 0. The molecule has 0 bridgehead atoms. The number of carbonyl (C=O) groups is 1. The maximum absolute atomic E-state index is 12.0. The quantitative estimate of drug-likeness (QED) is 0.801. The molecule has 0 atom stereocenters. The van der Waals surface area contributed by atoms with E-state index in [4.69, 9.17) is 9.72 Å². The third-order valence-corrected chi connectivity index (χ3v) is 4.08. The minimum Gasteiger partial charge on any atom is -0.450 e. The lowest BCUT2D eigenvalue weighted by atomic mass is 10.0. The molecule has 1 aromatic heterocycles. The number of nitrogens with zero attached hydrogens (tertiary/aromatic N) is 2. The number of aryl methyl sites for hydroxylation is 2. The Morgan fingerprint density at radius 1 is 1.36 bits per heavy atom.